The first kappa shape index (κ1) is 29.5. The van der Waals surface area contributed by atoms with Crippen LogP contribution in [0.15, 0.2) is 164 Å². The smallest absolute Gasteiger partial charge is 0.235 e. The van der Waals surface area contributed by atoms with Gasteiger partial charge in [-0.2, -0.15) is 0 Å². The van der Waals surface area contributed by atoms with Crippen LogP contribution in [0.4, 0.5) is 0 Å². The Bertz CT molecular complexity index is 3510. The van der Waals surface area contributed by atoms with Crippen molar-refractivity contribution in [3.05, 3.63) is 164 Å². The average Bonchev–Trinajstić information content (AvgIpc) is 3.79. The third-order valence-corrected chi connectivity index (χ3v) is 12.0. The summed E-state index contributed by atoms with van der Waals surface area (Å²) in [6.07, 6.45) is 1.86. The van der Waals surface area contributed by atoms with E-state index in [4.69, 9.17) is 19.9 Å². The minimum absolute atomic E-state index is 0.603. The molecule has 5 heterocycles. The van der Waals surface area contributed by atoms with Crippen LogP contribution < -0.4 is 0 Å². The van der Waals surface area contributed by atoms with Crippen LogP contribution in [-0.2, 0) is 0 Å². The maximum absolute atomic E-state index is 5.52. The maximum Gasteiger partial charge on any atom is 0.235 e. The summed E-state index contributed by atoms with van der Waals surface area (Å²) in [5, 5.41) is 10.6. The molecule has 0 fully saturated rings. The van der Waals surface area contributed by atoms with Crippen LogP contribution in [0, 0.1) is 0 Å². The summed E-state index contributed by atoms with van der Waals surface area (Å²) in [6, 6.07) is 55.6. The van der Waals surface area contributed by atoms with Gasteiger partial charge in [0.2, 0.25) is 5.95 Å². The first-order chi connectivity index (χ1) is 26.8. The van der Waals surface area contributed by atoms with Crippen molar-refractivity contribution in [2.45, 2.75) is 0 Å². The molecule has 5 aromatic heterocycles. The standard InChI is InChI=1S/C48H27N5S/c1-2-13-28(14-3-1)44-33-18-7-10-21-37(33)51-48(52-44)53-38-22-12-26-49-46(38)34-25-24-29(27-39(34)53)45-43-41(32-17-6-9-20-36(32)50-45)30-15-4-5-16-31(30)47-42(43)35-19-8-11-23-40(35)54-47/h1-27H. The molecule has 0 aliphatic carbocycles. The summed E-state index contributed by atoms with van der Waals surface area (Å²) in [4.78, 5) is 21.0. The van der Waals surface area contributed by atoms with E-state index in [1.165, 1.54) is 41.7 Å². The van der Waals surface area contributed by atoms with Gasteiger partial charge in [0.25, 0.3) is 0 Å². The number of aromatic nitrogens is 5. The first-order valence-electron chi connectivity index (χ1n) is 18.1. The molecule has 6 heteroatoms. The molecule has 12 rings (SSSR count). The highest BCUT2D eigenvalue weighted by molar-refractivity contribution is 7.27. The lowest BCUT2D eigenvalue weighted by molar-refractivity contribution is 1.01. The Morgan fingerprint density at radius 2 is 1.13 bits per heavy atom. The number of para-hydroxylation sites is 2. The molecule has 0 aliphatic rings. The number of hydrogen-bond acceptors (Lipinski definition) is 5. The third kappa shape index (κ3) is 4.14. The van der Waals surface area contributed by atoms with Crippen LogP contribution >= 0.6 is 11.3 Å². The van der Waals surface area contributed by atoms with Gasteiger partial charge in [0.05, 0.1) is 39.0 Å². The van der Waals surface area contributed by atoms with Gasteiger partial charge in [-0.1, -0.05) is 115 Å². The van der Waals surface area contributed by atoms with Gasteiger partial charge in [-0.25, -0.2) is 15.0 Å². The van der Waals surface area contributed by atoms with Crippen molar-refractivity contribution < 1.29 is 0 Å². The molecule has 7 aromatic carbocycles. The van der Waals surface area contributed by atoms with Crippen molar-refractivity contribution >= 4 is 96.8 Å². The van der Waals surface area contributed by atoms with Gasteiger partial charge in [0.1, 0.15) is 0 Å². The second-order valence-corrected chi connectivity index (χ2v) is 14.8. The lowest BCUT2D eigenvalue weighted by atomic mass is 9.91. The second kappa shape index (κ2) is 11.2. The number of thiophene rings is 1. The maximum atomic E-state index is 5.52. The van der Waals surface area contributed by atoms with E-state index in [9.17, 15) is 0 Å². The van der Waals surface area contributed by atoms with E-state index in [2.05, 4.69) is 138 Å². The fraction of sp³-hybridized carbons (Fsp3) is 0. The average molecular weight is 706 g/mol. The summed E-state index contributed by atoms with van der Waals surface area (Å²) in [5.41, 5.74) is 8.62. The fourth-order valence-electron chi connectivity index (χ4n) is 8.50. The number of pyridine rings is 2. The zero-order chi connectivity index (χ0) is 35.3. The molecular formula is C48H27N5S. The molecule has 250 valence electrons. The monoisotopic (exact) mass is 705 g/mol. The van der Waals surface area contributed by atoms with Gasteiger partial charge in [0.15, 0.2) is 0 Å². The van der Waals surface area contributed by atoms with E-state index in [-0.39, 0.29) is 0 Å². The van der Waals surface area contributed by atoms with Crippen LogP contribution in [0.3, 0.4) is 0 Å². The molecule has 0 radical (unpaired) electrons. The van der Waals surface area contributed by atoms with Gasteiger partial charge in [0, 0.05) is 69.8 Å². The van der Waals surface area contributed by atoms with Crippen LogP contribution in [0.2, 0.25) is 0 Å². The van der Waals surface area contributed by atoms with Gasteiger partial charge in [-0.05, 0) is 47.9 Å². The SMILES string of the molecule is c1ccc(-c2nc(-n3c4cc(-c5nc6ccccc6c6c7ccccc7c7sc8ccccc8c7c56)ccc4c4ncccc43)nc3ccccc23)cc1. The van der Waals surface area contributed by atoms with Crippen molar-refractivity contribution in [3.63, 3.8) is 0 Å². The quantitative estimate of drug-likeness (QED) is 0.172. The molecule has 0 N–H and O–H groups in total. The molecule has 5 nitrogen and oxygen atoms in total. The lowest BCUT2D eigenvalue weighted by Gasteiger charge is -2.15. The number of rotatable bonds is 3. The summed E-state index contributed by atoms with van der Waals surface area (Å²) in [7, 11) is 0. The largest absolute Gasteiger partial charge is 0.276 e. The van der Waals surface area contributed by atoms with Gasteiger partial charge in [-0.15, -0.1) is 11.3 Å². The third-order valence-electron chi connectivity index (χ3n) is 10.8. The Kier molecular flexibility index (Phi) is 6.15. The predicted molar refractivity (Wildman–Crippen MR) is 226 cm³/mol. The highest BCUT2D eigenvalue weighted by atomic mass is 32.1. The van der Waals surface area contributed by atoms with E-state index >= 15 is 0 Å². The van der Waals surface area contributed by atoms with Crippen molar-refractivity contribution in [1.29, 1.82) is 0 Å². The first-order valence-corrected chi connectivity index (χ1v) is 18.9. The van der Waals surface area contributed by atoms with Gasteiger partial charge in [-0.3, -0.25) is 9.55 Å². The van der Waals surface area contributed by atoms with E-state index in [0.717, 1.165) is 66.3 Å². The minimum Gasteiger partial charge on any atom is -0.276 e. The number of fused-ring (bicyclic) bond motifs is 14. The summed E-state index contributed by atoms with van der Waals surface area (Å²) < 4.78 is 4.73. The highest BCUT2D eigenvalue weighted by Gasteiger charge is 2.23. The normalized spacial score (nSPS) is 12.1. The number of benzene rings is 7. The predicted octanol–water partition coefficient (Wildman–Crippen LogP) is 12.7. The number of hydrogen-bond donors (Lipinski definition) is 0. The molecule has 0 amide bonds. The van der Waals surface area contributed by atoms with Crippen molar-refractivity contribution in [2.24, 2.45) is 0 Å². The highest BCUT2D eigenvalue weighted by Crippen LogP contribution is 2.48. The fourth-order valence-corrected chi connectivity index (χ4v) is 9.75. The molecule has 0 unspecified atom stereocenters. The Labute approximate surface area is 312 Å². The van der Waals surface area contributed by atoms with Crippen molar-refractivity contribution in [2.75, 3.05) is 0 Å². The zero-order valence-electron chi connectivity index (χ0n) is 28.7. The van der Waals surface area contributed by atoms with Crippen molar-refractivity contribution in [1.82, 2.24) is 24.5 Å². The molecule has 54 heavy (non-hydrogen) atoms. The van der Waals surface area contributed by atoms with Crippen LogP contribution in [-0.4, -0.2) is 24.5 Å². The van der Waals surface area contributed by atoms with Crippen LogP contribution in [0.25, 0.3) is 114 Å². The second-order valence-electron chi connectivity index (χ2n) is 13.8. The topological polar surface area (TPSA) is 56.5 Å². The number of nitrogens with zero attached hydrogens (tertiary/aromatic N) is 5. The Hall–Kier alpha value is -7.02. The molecule has 0 saturated carbocycles. The summed E-state index contributed by atoms with van der Waals surface area (Å²) >= 11 is 1.86. The molecule has 0 bridgehead atoms. The molecule has 0 spiro atoms. The Morgan fingerprint density at radius 1 is 0.426 bits per heavy atom. The molecular weight excluding hydrogens is 679 g/mol. The Balaban J connectivity index is 1.23. The summed E-state index contributed by atoms with van der Waals surface area (Å²) in [6.45, 7) is 0. The van der Waals surface area contributed by atoms with Crippen LogP contribution in [0.5, 0.6) is 0 Å². The molecule has 0 atom stereocenters. The lowest BCUT2D eigenvalue weighted by Crippen LogP contribution is -2.03. The van der Waals surface area contributed by atoms with E-state index in [1.807, 2.05) is 41.8 Å². The van der Waals surface area contributed by atoms with E-state index in [1.54, 1.807) is 0 Å². The Morgan fingerprint density at radius 3 is 1.98 bits per heavy atom. The zero-order valence-corrected chi connectivity index (χ0v) is 29.5. The van der Waals surface area contributed by atoms with E-state index in [0.29, 0.717) is 5.95 Å². The van der Waals surface area contributed by atoms with Gasteiger partial charge < -0.3 is 0 Å². The minimum atomic E-state index is 0.603. The van der Waals surface area contributed by atoms with Crippen LogP contribution in [0.1, 0.15) is 0 Å². The van der Waals surface area contributed by atoms with E-state index < -0.39 is 0 Å². The van der Waals surface area contributed by atoms with Crippen molar-refractivity contribution in [3.8, 4) is 28.5 Å². The molecule has 12 aromatic rings. The summed E-state index contributed by atoms with van der Waals surface area (Å²) in [5.74, 6) is 0.603. The molecule has 0 saturated heterocycles. The van der Waals surface area contributed by atoms with Gasteiger partial charge >= 0.3 is 0 Å². The molecule has 0 aliphatic heterocycles.